The topological polar surface area (TPSA) is 64.0 Å². The summed E-state index contributed by atoms with van der Waals surface area (Å²) in [7, 11) is 0. The predicted molar refractivity (Wildman–Crippen MR) is 77.6 cm³/mol. The highest BCUT2D eigenvalue weighted by atomic mass is 16.1. The highest BCUT2D eigenvalue weighted by molar-refractivity contribution is 5.76. The summed E-state index contributed by atoms with van der Waals surface area (Å²) in [6.45, 7) is 4.56. The number of rotatable bonds is 5. The van der Waals surface area contributed by atoms with Crippen molar-refractivity contribution in [2.45, 2.75) is 52.5 Å². The van der Waals surface area contributed by atoms with Gasteiger partial charge in [0.15, 0.2) is 0 Å². The second-order valence-corrected chi connectivity index (χ2v) is 5.66. The summed E-state index contributed by atoms with van der Waals surface area (Å²) in [6.07, 6.45) is 7.03. The van der Waals surface area contributed by atoms with Crippen molar-refractivity contribution in [3.63, 3.8) is 0 Å². The van der Waals surface area contributed by atoms with Crippen LogP contribution in [0.15, 0.2) is 11.1 Å². The number of aryl methyl sites for hydroxylation is 1. The summed E-state index contributed by atoms with van der Waals surface area (Å²) >= 11 is 0. The summed E-state index contributed by atoms with van der Waals surface area (Å²) in [5.41, 5.74) is 1.41. The first kappa shape index (κ1) is 14.8. The predicted octanol–water partition coefficient (Wildman–Crippen LogP) is 1.56. The maximum absolute atomic E-state index is 12.0. The summed E-state index contributed by atoms with van der Waals surface area (Å²) in [5, 5.41) is 2.89. The molecular weight excluding hydrogens is 254 g/mol. The van der Waals surface area contributed by atoms with Gasteiger partial charge in [0.1, 0.15) is 0 Å². The molecule has 1 saturated carbocycles. The van der Waals surface area contributed by atoms with Gasteiger partial charge >= 0.3 is 0 Å². The van der Waals surface area contributed by atoms with Crippen LogP contribution in [0.25, 0.3) is 0 Å². The lowest BCUT2D eigenvalue weighted by Crippen LogP contribution is -2.32. The standard InChI is InChI=1S/C15H23N3O2/c1-11-12(2)17-10-18(15(11)20)8-7-16-14(19)9-13-5-3-4-6-13/h10,13H,3-9H2,1-2H3,(H,16,19). The van der Waals surface area contributed by atoms with E-state index in [1.807, 2.05) is 6.92 Å². The third-order valence-corrected chi connectivity index (χ3v) is 4.14. The van der Waals surface area contributed by atoms with E-state index in [0.717, 1.165) is 5.69 Å². The Balaban J connectivity index is 1.79. The fourth-order valence-electron chi connectivity index (χ4n) is 2.70. The van der Waals surface area contributed by atoms with Gasteiger partial charge in [-0.1, -0.05) is 12.8 Å². The molecule has 0 saturated heterocycles. The smallest absolute Gasteiger partial charge is 0.256 e. The van der Waals surface area contributed by atoms with E-state index < -0.39 is 0 Å². The van der Waals surface area contributed by atoms with Gasteiger partial charge < -0.3 is 5.32 Å². The molecule has 1 aliphatic carbocycles. The van der Waals surface area contributed by atoms with Gasteiger partial charge in [0.2, 0.25) is 5.91 Å². The number of nitrogens with one attached hydrogen (secondary N) is 1. The molecule has 2 rings (SSSR count). The molecule has 1 aromatic heterocycles. The van der Waals surface area contributed by atoms with Gasteiger partial charge in [0, 0.05) is 30.8 Å². The molecule has 0 aromatic carbocycles. The van der Waals surface area contributed by atoms with Crippen LogP contribution in [-0.2, 0) is 11.3 Å². The Kier molecular flexibility index (Phi) is 4.93. The van der Waals surface area contributed by atoms with Gasteiger partial charge in [-0.05, 0) is 32.6 Å². The Labute approximate surface area is 119 Å². The van der Waals surface area contributed by atoms with Crippen LogP contribution < -0.4 is 10.9 Å². The number of carbonyl (C=O) groups excluding carboxylic acids is 1. The molecule has 1 heterocycles. The second-order valence-electron chi connectivity index (χ2n) is 5.66. The summed E-state index contributed by atoms with van der Waals surface area (Å²) < 4.78 is 1.55. The van der Waals surface area contributed by atoms with Crippen molar-refractivity contribution in [2.24, 2.45) is 5.92 Å². The molecular formula is C15H23N3O2. The molecule has 1 aromatic rings. The molecule has 0 aliphatic heterocycles. The highest BCUT2D eigenvalue weighted by Gasteiger charge is 2.18. The first-order valence-corrected chi connectivity index (χ1v) is 7.37. The maximum atomic E-state index is 12.0. The van der Waals surface area contributed by atoms with Crippen molar-refractivity contribution in [1.29, 1.82) is 0 Å². The maximum Gasteiger partial charge on any atom is 0.256 e. The molecule has 5 nitrogen and oxygen atoms in total. The van der Waals surface area contributed by atoms with Gasteiger partial charge in [-0.15, -0.1) is 0 Å². The van der Waals surface area contributed by atoms with Gasteiger partial charge in [-0.25, -0.2) is 4.98 Å². The minimum absolute atomic E-state index is 0.0254. The fourth-order valence-corrected chi connectivity index (χ4v) is 2.70. The molecule has 1 fully saturated rings. The molecule has 1 N–H and O–H groups in total. The van der Waals surface area contributed by atoms with Crippen molar-refractivity contribution in [3.8, 4) is 0 Å². The minimum Gasteiger partial charge on any atom is -0.354 e. The molecule has 0 atom stereocenters. The lowest BCUT2D eigenvalue weighted by molar-refractivity contribution is -0.122. The normalized spacial score (nSPS) is 15.5. The molecule has 0 bridgehead atoms. The van der Waals surface area contributed by atoms with Crippen LogP contribution in [0.1, 0.15) is 43.4 Å². The van der Waals surface area contributed by atoms with E-state index in [-0.39, 0.29) is 11.5 Å². The average Bonchev–Trinajstić information content (AvgIpc) is 2.91. The number of amides is 1. The van der Waals surface area contributed by atoms with Crippen LogP contribution >= 0.6 is 0 Å². The van der Waals surface area contributed by atoms with Gasteiger partial charge in [-0.2, -0.15) is 0 Å². The van der Waals surface area contributed by atoms with Gasteiger partial charge in [0.25, 0.3) is 5.56 Å². The highest BCUT2D eigenvalue weighted by Crippen LogP contribution is 2.27. The second kappa shape index (κ2) is 6.68. The SMILES string of the molecule is Cc1ncn(CCNC(=O)CC2CCCC2)c(=O)c1C. The van der Waals surface area contributed by atoms with E-state index in [1.165, 1.54) is 25.7 Å². The molecule has 0 radical (unpaired) electrons. The van der Waals surface area contributed by atoms with E-state index in [4.69, 9.17) is 0 Å². The van der Waals surface area contributed by atoms with Crippen molar-refractivity contribution in [1.82, 2.24) is 14.9 Å². The Morgan fingerprint density at radius 1 is 1.40 bits per heavy atom. The lowest BCUT2D eigenvalue weighted by Gasteiger charge is -2.11. The lowest BCUT2D eigenvalue weighted by atomic mass is 10.0. The van der Waals surface area contributed by atoms with Crippen LogP contribution in [0.3, 0.4) is 0 Å². The number of nitrogens with zero attached hydrogens (tertiary/aromatic N) is 2. The number of aromatic nitrogens is 2. The number of hydrogen-bond donors (Lipinski definition) is 1. The molecule has 5 heteroatoms. The van der Waals surface area contributed by atoms with E-state index in [1.54, 1.807) is 17.8 Å². The van der Waals surface area contributed by atoms with E-state index in [9.17, 15) is 9.59 Å². The Morgan fingerprint density at radius 3 is 2.80 bits per heavy atom. The fraction of sp³-hybridized carbons (Fsp3) is 0.667. The third kappa shape index (κ3) is 3.68. The van der Waals surface area contributed by atoms with Crippen molar-refractivity contribution in [2.75, 3.05) is 6.54 Å². The number of hydrogen-bond acceptors (Lipinski definition) is 3. The van der Waals surface area contributed by atoms with Crippen LogP contribution in [0.4, 0.5) is 0 Å². The molecule has 0 unspecified atom stereocenters. The van der Waals surface area contributed by atoms with Crippen LogP contribution in [0.5, 0.6) is 0 Å². The van der Waals surface area contributed by atoms with Crippen LogP contribution in [0, 0.1) is 19.8 Å². The Morgan fingerprint density at radius 2 is 2.10 bits per heavy atom. The van der Waals surface area contributed by atoms with Crippen LogP contribution in [-0.4, -0.2) is 22.0 Å². The molecule has 20 heavy (non-hydrogen) atoms. The summed E-state index contributed by atoms with van der Waals surface area (Å²) in [6, 6.07) is 0. The Bertz CT molecular complexity index is 530. The zero-order valence-electron chi connectivity index (χ0n) is 12.3. The minimum atomic E-state index is -0.0254. The Hall–Kier alpha value is -1.65. The van der Waals surface area contributed by atoms with Crippen LogP contribution in [0.2, 0.25) is 0 Å². The monoisotopic (exact) mass is 277 g/mol. The van der Waals surface area contributed by atoms with E-state index in [0.29, 0.717) is 31.0 Å². The first-order chi connectivity index (χ1) is 9.58. The quantitative estimate of drug-likeness (QED) is 0.888. The summed E-state index contributed by atoms with van der Waals surface area (Å²) in [5.74, 6) is 0.655. The van der Waals surface area contributed by atoms with E-state index >= 15 is 0 Å². The van der Waals surface area contributed by atoms with E-state index in [2.05, 4.69) is 10.3 Å². The third-order valence-electron chi connectivity index (χ3n) is 4.14. The molecule has 1 amide bonds. The zero-order valence-corrected chi connectivity index (χ0v) is 12.3. The first-order valence-electron chi connectivity index (χ1n) is 7.37. The van der Waals surface area contributed by atoms with Gasteiger partial charge in [0.05, 0.1) is 6.33 Å². The van der Waals surface area contributed by atoms with Gasteiger partial charge in [-0.3, -0.25) is 14.2 Å². The largest absolute Gasteiger partial charge is 0.354 e. The van der Waals surface area contributed by atoms with Crippen molar-refractivity contribution < 1.29 is 4.79 Å². The van der Waals surface area contributed by atoms with Crippen molar-refractivity contribution >= 4 is 5.91 Å². The number of carbonyl (C=O) groups is 1. The van der Waals surface area contributed by atoms with Crippen molar-refractivity contribution in [3.05, 3.63) is 27.9 Å². The zero-order chi connectivity index (χ0) is 14.5. The summed E-state index contributed by atoms with van der Waals surface area (Å²) in [4.78, 5) is 27.9. The molecule has 110 valence electrons. The average molecular weight is 277 g/mol. The molecule has 0 spiro atoms. The molecule has 1 aliphatic rings.